The number of anilines is 1. The summed E-state index contributed by atoms with van der Waals surface area (Å²) in [6.07, 6.45) is 0.628. The lowest BCUT2D eigenvalue weighted by Crippen LogP contribution is -2.26. The minimum Gasteiger partial charge on any atom is -0.396 e. The number of aromatic nitrogens is 3. The van der Waals surface area contributed by atoms with Crippen LogP contribution in [0.15, 0.2) is 35.1 Å². The summed E-state index contributed by atoms with van der Waals surface area (Å²) in [4.78, 5) is 19.4. The van der Waals surface area contributed by atoms with E-state index in [-0.39, 0.29) is 12.2 Å². The Morgan fingerprint density at radius 1 is 1.33 bits per heavy atom. The molecule has 1 N–H and O–H groups in total. The molecule has 126 valence electrons. The summed E-state index contributed by atoms with van der Waals surface area (Å²) in [5.41, 5.74) is 1.46. The molecule has 0 atom stereocenters. The van der Waals surface area contributed by atoms with E-state index in [0.717, 1.165) is 10.7 Å². The molecular formula is C16H17ClN4O2S. The smallest absolute Gasteiger partial charge is 0.275 e. The number of benzene rings is 1. The van der Waals surface area contributed by atoms with Crippen molar-refractivity contribution in [3.63, 3.8) is 0 Å². The summed E-state index contributed by atoms with van der Waals surface area (Å²) in [5, 5.41) is 14.7. The van der Waals surface area contributed by atoms with Crippen molar-refractivity contribution in [3.05, 3.63) is 56.4 Å². The van der Waals surface area contributed by atoms with Gasteiger partial charge in [-0.1, -0.05) is 22.9 Å². The monoisotopic (exact) mass is 364 g/mol. The van der Waals surface area contributed by atoms with Crippen LogP contribution in [0.1, 0.15) is 17.1 Å². The van der Waals surface area contributed by atoms with E-state index < -0.39 is 0 Å². The highest BCUT2D eigenvalue weighted by atomic mass is 35.5. The molecule has 0 saturated heterocycles. The average Bonchev–Trinajstić information content (AvgIpc) is 2.93. The second-order valence-corrected chi connectivity index (χ2v) is 6.97. The van der Waals surface area contributed by atoms with Gasteiger partial charge in [-0.25, -0.2) is 4.98 Å². The molecule has 0 fully saturated rings. The number of fused-ring (bicyclic) bond motifs is 1. The van der Waals surface area contributed by atoms with Crippen molar-refractivity contribution < 1.29 is 5.11 Å². The van der Waals surface area contributed by atoms with Gasteiger partial charge in [-0.05, 0) is 37.6 Å². The van der Waals surface area contributed by atoms with Crippen LogP contribution < -0.4 is 10.5 Å². The predicted octanol–water partition coefficient (Wildman–Crippen LogP) is 2.50. The molecule has 3 aromatic rings. The van der Waals surface area contributed by atoms with Crippen molar-refractivity contribution in [1.82, 2.24) is 14.6 Å². The van der Waals surface area contributed by atoms with Crippen molar-refractivity contribution >= 4 is 33.6 Å². The Labute approximate surface area is 148 Å². The number of hydrogen-bond donors (Lipinski definition) is 1. The van der Waals surface area contributed by atoms with Crippen molar-refractivity contribution in [2.24, 2.45) is 0 Å². The minimum absolute atomic E-state index is 0.104. The fourth-order valence-corrected chi connectivity index (χ4v) is 3.33. The van der Waals surface area contributed by atoms with E-state index in [0.29, 0.717) is 35.2 Å². The Kier molecular flexibility index (Phi) is 5.13. The number of aliphatic hydroxyl groups excluding tert-OH is 1. The fraction of sp³-hybridized carbons (Fsp3) is 0.312. The molecule has 0 bridgehead atoms. The topological polar surface area (TPSA) is 70.7 Å². The highest BCUT2D eigenvalue weighted by molar-refractivity contribution is 7.16. The third kappa shape index (κ3) is 3.75. The van der Waals surface area contributed by atoms with E-state index in [2.05, 4.69) is 15.0 Å². The molecule has 0 aliphatic carbocycles. The first-order chi connectivity index (χ1) is 11.6. The van der Waals surface area contributed by atoms with Gasteiger partial charge in [-0.3, -0.25) is 4.79 Å². The van der Waals surface area contributed by atoms with Crippen LogP contribution in [0.2, 0.25) is 5.02 Å². The lowest BCUT2D eigenvalue weighted by molar-refractivity contribution is 0.289. The van der Waals surface area contributed by atoms with Crippen molar-refractivity contribution in [3.8, 4) is 0 Å². The Balaban J connectivity index is 1.91. The molecule has 0 saturated carbocycles. The zero-order valence-corrected chi connectivity index (χ0v) is 14.7. The van der Waals surface area contributed by atoms with Crippen LogP contribution in [0.5, 0.6) is 0 Å². The fourth-order valence-electron chi connectivity index (χ4n) is 2.44. The molecule has 0 spiro atoms. The summed E-state index contributed by atoms with van der Waals surface area (Å²) >= 11 is 7.34. The van der Waals surface area contributed by atoms with E-state index in [1.807, 2.05) is 31.2 Å². The number of aliphatic hydroxyl groups is 1. The molecule has 8 heteroatoms. The maximum absolute atomic E-state index is 12.2. The summed E-state index contributed by atoms with van der Waals surface area (Å²) in [6.45, 7) is 3.08. The van der Waals surface area contributed by atoms with Gasteiger partial charge in [-0.15, -0.1) is 0 Å². The van der Waals surface area contributed by atoms with Crippen LogP contribution >= 0.6 is 22.9 Å². The molecule has 0 unspecified atom stereocenters. The van der Waals surface area contributed by atoms with Gasteiger partial charge >= 0.3 is 0 Å². The quantitative estimate of drug-likeness (QED) is 0.727. The molecule has 24 heavy (non-hydrogen) atoms. The van der Waals surface area contributed by atoms with Crippen molar-refractivity contribution in [1.29, 1.82) is 0 Å². The van der Waals surface area contributed by atoms with E-state index in [1.54, 1.807) is 0 Å². The van der Waals surface area contributed by atoms with Crippen molar-refractivity contribution in [2.75, 3.05) is 18.1 Å². The zero-order valence-electron chi connectivity index (χ0n) is 13.1. The first kappa shape index (κ1) is 16.9. The molecule has 3 rings (SSSR count). The lowest BCUT2D eigenvalue weighted by atomic mass is 10.2. The normalized spacial score (nSPS) is 11.1. The molecule has 2 aromatic heterocycles. The average molecular weight is 365 g/mol. The number of aryl methyl sites for hydroxylation is 1. The Hall–Kier alpha value is -1.96. The Morgan fingerprint density at radius 2 is 2.08 bits per heavy atom. The minimum atomic E-state index is -0.183. The SMILES string of the molecule is Cc1nn2c(=O)cc(CN(CCCO)c3ccc(Cl)cc3)nc2s1. The summed E-state index contributed by atoms with van der Waals surface area (Å²) in [5.74, 6) is 0. The first-order valence-electron chi connectivity index (χ1n) is 7.54. The van der Waals surface area contributed by atoms with Gasteiger partial charge in [0.25, 0.3) is 5.56 Å². The molecule has 1 aromatic carbocycles. The van der Waals surface area contributed by atoms with Gasteiger partial charge in [-0.2, -0.15) is 9.61 Å². The van der Waals surface area contributed by atoms with E-state index >= 15 is 0 Å². The highest BCUT2D eigenvalue weighted by Gasteiger charge is 2.12. The number of hydrogen-bond acceptors (Lipinski definition) is 6. The van der Waals surface area contributed by atoms with Gasteiger partial charge in [0.2, 0.25) is 4.96 Å². The second kappa shape index (κ2) is 7.29. The lowest BCUT2D eigenvalue weighted by Gasteiger charge is -2.24. The highest BCUT2D eigenvalue weighted by Crippen LogP contribution is 2.20. The van der Waals surface area contributed by atoms with Crippen LogP contribution in [0.25, 0.3) is 4.96 Å². The first-order valence-corrected chi connectivity index (χ1v) is 8.74. The molecule has 2 heterocycles. The maximum Gasteiger partial charge on any atom is 0.275 e. The molecule has 0 aliphatic rings. The Bertz CT molecular complexity index is 891. The number of halogens is 1. The molecule has 6 nitrogen and oxygen atoms in total. The standard InChI is InChI=1S/C16H17ClN4O2S/c1-11-19-21-15(23)9-13(18-16(21)24-11)10-20(7-2-8-22)14-5-3-12(17)4-6-14/h3-6,9,22H,2,7-8,10H2,1H3. The van der Waals surface area contributed by atoms with E-state index in [4.69, 9.17) is 16.7 Å². The number of rotatable bonds is 6. The summed E-state index contributed by atoms with van der Waals surface area (Å²) in [6, 6.07) is 8.99. The van der Waals surface area contributed by atoms with E-state index in [9.17, 15) is 4.79 Å². The molecular weight excluding hydrogens is 348 g/mol. The Morgan fingerprint density at radius 3 is 2.79 bits per heavy atom. The zero-order chi connectivity index (χ0) is 17.1. The van der Waals surface area contributed by atoms with Gasteiger partial charge in [0.15, 0.2) is 0 Å². The summed E-state index contributed by atoms with van der Waals surface area (Å²) < 4.78 is 1.32. The third-order valence-electron chi connectivity index (χ3n) is 3.53. The van der Waals surface area contributed by atoms with Crippen LogP contribution in [0.3, 0.4) is 0 Å². The van der Waals surface area contributed by atoms with Crippen LogP contribution in [0.4, 0.5) is 5.69 Å². The molecule has 0 aliphatic heterocycles. The van der Waals surface area contributed by atoms with Gasteiger partial charge in [0.1, 0.15) is 5.01 Å². The van der Waals surface area contributed by atoms with Crippen molar-refractivity contribution in [2.45, 2.75) is 19.9 Å². The predicted molar refractivity (Wildman–Crippen MR) is 96.1 cm³/mol. The third-order valence-corrected chi connectivity index (χ3v) is 4.61. The molecule has 0 radical (unpaired) electrons. The second-order valence-electron chi connectivity index (χ2n) is 5.38. The summed E-state index contributed by atoms with van der Waals surface area (Å²) in [7, 11) is 0. The van der Waals surface area contributed by atoms with Crippen LogP contribution in [-0.4, -0.2) is 32.9 Å². The van der Waals surface area contributed by atoms with Crippen LogP contribution in [0, 0.1) is 6.92 Å². The van der Waals surface area contributed by atoms with Gasteiger partial charge in [0, 0.05) is 29.9 Å². The van der Waals surface area contributed by atoms with Gasteiger partial charge in [0.05, 0.1) is 12.2 Å². The molecule has 0 amide bonds. The van der Waals surface area contributed by atoms with Gasteiger partial charge < -0.3 is 10.0 Å². The number of nitrogens with zero attached hydrogens (tertiary/aromatic N) is 4. The van der Waals surface area contributed by atoms with Crippen LogP contribution in [-0.2, 0) is 6.54 Å². The van der Waals surface area contributed by atoms with E-state index in [1.165, 1.54) is 21.9 Å². The maximum atomic E-state index is 12.2. The largest absolute Gasteiger partial charge is 0.396 e.